The highest BCUT2D eigenvalue weighted by atomic mass is 28.4. The summed E-state index contributed by atoms with van der Waals surface area (Å²) < 4.78 is 12.0. The van der Waals surface area contributed by atoms with Crippen LogP contribution < -0.4 is 4.74 Å². The van der Waals surface area contributed by atoms with Gasteiger partial charge in [0.15, 0.2) is 8.32 Å². The summed E-state index contributed by atoms with van der Waals surface area (Å²) in [6.07, 6.45) is 1.87. The molecule has 1 heterocycles. The minimum atomic E-state index is -2.18. The normalized spacial score (nSPS) is 21.6. The first-order chi connectivity index (χ1) is 9.52. The van der Waals surface area contributed by atoms with E-state index in [0.29, 0.717) is 0 Å². The lowest BCUT2D eigenvalue weighted by Crippen LogP contribution is -2.40. The maximum absolute atomic E-state index is 10.4. The van der Waals surface area contributed by atoms with Crippen LogP contribution in [0, 0.1) is 0 Å². The van der Waals surface area contributed by atoms with Crippen molar-refractivity contribution in [1.29, 1.82) is 0 Å². The van der Waals surface area contributed by atoms with Crippen LogP contribution in [0.3, 0.4) is 0 Å². The largest absolute Gasteiger partial charge is 0.463 e. The molecule has 0 unspecified atom stereocenters. The second-order valence-electron chi connectivity index (χ2n) is 7.63. The first-order valence-corrected chi connectivity index (χ1v) is 10.6. The van der Waals surface area contributed by atoms with Crippen molar-refractivity contribution in [2.75, 3.05) is 0 Å². The van der Waals surface area contributed by atoms with E-state index in [1.165, 1.54) is 0 Å². The van der Waals surface area contributed by atoms with E-state index in [4.69, 9.17) is 9.47 Å². The molecule has 1 atom stereocenters. The molecule has 0 fully saturated rings. The topological polar surface area (TPSA) is 38.7 Å². The van der Waals surface area contributed by atoms with Gasteiger partial charge in [0.25, 0.3) is 0 Å². The van der Waals surface area contributed by atoms with E-state index in [2.05, 4.69) is 19.9 Å². The summed E-state index contributed by atoms with van der Waals surface area (Å²) in [5, 5.41) is -0.0340. The van der Waals surface area contributed by atoms with Crippen molar-refractivity contribution in [2.45, 2.75) is 70.6 Å². The summed E-state index contributed by atoms with van der Waals surface area (Å²) in [7, 11) is -2.18. The molecule has 1 aromatic carbocycles. The minimum Gasteiger partial charge on any atom is -0.463 e. The number of para-hydroxylation sites is 1. The molecule has 3 nitrogen and oxygen atoms in total. The van der Waals surface area contributed by atoms with E-state index in [-0.39, 0.29) is 11.1 Å². The van der Waals surface area contributed by atoms with E-state index in [9.17, 15) is 4.80 Å². The lowest BCUT2D eigenvalue weighted by Gasteiger charge is -2.40. The number of fused-ring (bicyclic) bond motifs is 1. The van der Waals surface area contributed by atoms with Gasteiger partial charge >= 0.3 is 0 Å². The predicted octanol–water partition coefficient (Wildman–Crippen LogP) is 4.63. The van der Waals surface area contributed by atoms with Crippen LogP contribution in [0.5, 0.6) is 5.75 Å². The van der Waals surface area contributed by atoms with Gasteiger partial charge in [-0.25, -0.2) is 0 Å². The Morgan fingerprint density at radius 1 is 1.24 bits per heavy atom. The second kappa shape index (κ2) is 5.41. The maximum Gasteiger partial charge on any atom is 0.205 e. The Bertz CT molecular complexity index is 503. The third-order valence-electron chi connectivity index (χ3n) is 4.74. The number of benzene rings is 1. The molecular formula is C17H28O3Si. The summed E-state index contributed by atoms with van der Waals surface area (Å²) in [4.78, 5) is 10.4. The van der Waals surface area contributed by atoms with Crippen LogP contribution in [0.1, 0.15) is 52.2 Å². The Morgan fingerprint density at radius 3 is 2.48 bits per heavy atom. The monoisotopic (exact) mass is 308 g/mol. The molecular weight excluding hydrogens is 280 g/mol. The van der Waals surface area contributed by atoms with Crippen LogP contribution in [0.25, 0.3) is 0 Å². The molecule has 1 N–H and O–H groups in total. The molecule has 0 amide bonds. The highest BCUT2D eigenvalue weighted by molar-refractivity contribution is 6.72. The SMILES string of the molecule is CC1(C)Oc2ccccc2[C@@H](CCC(C)(C)[Si](C)(C)O)O1. The molecule has 4 heteroatoms. The molecule has 1 aromatic rings. The van der Waals surface area contributed by atoms with E-state index in [1.807, 2.05) is 45.1 Å². The van der Waals surface area contributed by atoms with Crippen molar-refractivity contribution in [3.8, 4) is 5.75 Å². The fourth-order valence-electron chi connectivity index (χ4n) is 2.55. The Kier molecular flexibility index (Phi) is 4.26. The predicted molar refractivity (Wildman–Crippen MR) is 88.0 cm³/mol. The Balaban J connectivity index is 2.17. The zero-order valence-electron chi connectivity index (χ0n) is 14.1. The van der Waals surface area contributed by atoms with Gasteiger partial charge in [-0.15, -0.1) is 0 Å². The Morgan fingerprint density at radius 2 is 1.86 bits per heavy atom. The smallest absolute Gasteiger partial charge is 0.205 e. The van der Waals surface area contributed by atoms with Crippen molar-refractivity contribution in [2.24, 2.45) is 0 Å². The van der Waals surface area contributed by atoms with Gasteiger partial charge < -0.3 is 14.3 Å². The zero-order valence-corrected chi connectivity index (χ0v) is 15.1. The zero-order chi connectivity index (χ0) is 15.9. The summed E-state index contributed by atoms with van der Waals surface area (Å²) in [5.41, 5.74) is 1.12. The van der Waals surface area contributed by atoms with Gasteiger partial charge in [-0.2, -0.15) is 0 Å². The molecule has 0 aromatic heterocycles. The molecule has 21 heavy (non-hydrogen) atoms. The number of rotatable bonds is 4. The summed E-state index contributed by atoms with van der Waals surface area (Å²) in [6.45, 7) is 12.2. The van der Waals surface area contributed by atoms with Gasteiger partial charge in [0.2, 0.25) is 5.79 Å². The van der Waals surface area contributed by atoms with E-state index in [1.54, 1.807) is 0 Å². The molecule has 118 valence electrons. The average Bonchev–Trinajstić information content (AvgIpc) is 2.33. The molecule has 0 bridgehead atoms. The van der Waals surface area contributed by atoms with Gasteiger partial charge in [-0.05, 0) is 37.0 Å². The molecule has 1 aliphatic rings. The molecule has 0 spiro atoms. The van der Waals surface area contributed by atoms with Gasteiger partial charge in [-0.1, -0.05) is 32.0 Å². The lowest BCUT2D eigenvalue weighted by molar-refractivity contribution is -0.209. The summed E-state index contributed by atoms with van der Waals surface area (Å²) in [6, 6.07) is 8.09. The van der Waals surface area contributed by atoms with Gasteiger partial charge in [0.1, 0.15) is 5.75 Å². The van der Waals surface area contributed by atoms with Gasteiger partial charge in [0, 0.05) is 19.4 Å². The molecule has 2 rings (SSSR count). The van der Waals surface area contributed by atoms with Gasteiger partial charge in [0.05, 0.1) is 6.10 Å². The number of hydrogen-bond donors (Lipinski definition) is 1. The van der Waals surface area contributed by atoms with Crippen LogP contribution in [0.2, 0.25) is 18.1 Å². The van der Waals surface area contributed by atoms with Crippen LogP contribution in [0.4, 0.5) is 0 Å². The van der Waals surface area contributed by atoms with E-state index in [0.717, 1.165) is 24.2 Å². The minimum absolute atomic E-state index is 0.0283. The van der Waals surface area contributed by atoms with E-state index >= 15 is 0 Å². The van der Waals surface area contributed by atoms with Crippen molar-refractivity contribution >= 4 is 8.32 Å². The molecule has 0 saturated carbocycles. The molecule has 0 aliphatic carbocycles. The molecule has 1 aliphatic heterocycles. The quantitative estimate of drug-likeness (QED) is 0.824. The first-order valence-electron chi connectivity index (χ1n) is 7.70. The highest BCUT2D eigenvalue weighted by Gasteiger charge is 2.40. The highest BCUT2D eigenvalue weighted by Crippen LogP contribution is 2.46. The van der Waals surface area contributed by atoms with Crippen LogP contribution in [-0.2, 0) is 4.74 Å². The summed E-state index contributed by atoms with van der Waals surface area (Å²) >= 11 is 0. The first kappa shape index (κ1) is 16.5. The second-order valence-corrected chi connectivity index (χ2v) is 12.1. The fraction of sp³-hybridized carbons (Fsp3) is 0.647. The molecule has 0 radical (unpaired) electrons. The van der Waals surface area contributed by atoms with Crippen molar-refractivity contribution in [1.82, 2.24) is 0 Å². The van der Waals surface area contributed by atoms with Crippen LogP contribution in [-0.4, -0.2) is 18.9 Å². The Labute approximate surface area is 129 Å². The van der Waals surface area contributed by atoms with Crippen molar-refractivity contribution < 1.29 is 14.3 Å². The standard InChI is InChI=1S/C17H28O3Si/c1-16(2,21(5,6)18)12-11-15-13-9-7-8-10-14(13)19-17(3,4)20-15/h7-10,15,18H,11-12H2,1-6H3/t15-/m1/s1. The number of ether oxygens (including phenoxy) is 2. The lowest BCUT2D eigenvalue weighted by atomic mass is 9.97. The third kappa shape index (κ3) is 3.68. The summed E-state index contributed by atoms with van der Waals surface area (Å²) in [5.74, 6) is 0.312. The molecule has 0 saturated heterocycles. The van der Waals surface area contributed by atoms with Crippen molar-refractivity contribution in [3.63, 3.8) is 0 Å². The van der Waals surface area contributed by atoms with Gasteiger partial charge in [-0.3, -0.25) is 0 Å². The number of hydrogen-bond acceptors (Lipinski definition) is 3. The third-order valence-corrected chi connectivity index (χ3v) is 8.30. The Hall–Kier alpha value is -0.843. The van der Waals surface area contributed by atoms with Crippen LogP contribution >= 0.6 is 0 Å². The van der Waals surface area contributed by atoms with Crippen molar-refractivity contribution in [3.05, 3.63) is 29.8 Å². The van der Waals surface area contributed by atoms with Crippen LogP contribution in [0.15, 0.2) is 24.3 Å². The average molecular weight is 308 g/mol. The van der Waals surface area contributed by atoms with E-state index < -0.39 is 14.1 Å². The fourth-order valence-corrected chi connectivity index (χ4v) is 3.30. The maximum atomic E-state index is 10.4.